The van der Waals surface area contributed by atoms with Crippen LogP contribution in [0.25, 0.3) is 6.08 Å². The second-order valence-electron chi connectivity index (χ2n) is 10.8. The molecular formula is C32H26N2O8. The van der Waals surface area contributed by atoms with E-state index in [9.17, 15) is 34.4 Å². The maximum absolute atomic E-state index is 13.9. The van der Waals surface area contributed by atoms with Crippen molar-refractivity contribution in [3.05, 3.63) is 98.7 Å². The maximum atomic E-state index is 13.9. The predicted molar refractivity (Wildman–Crippen MR) is 151 cm³/mol. The molecule has 1 aliphatic heterocycles. The van der Waals surface area contributed by atoms with Gasteiger partial charge in [-0.05, 0) is 61.6 Å². The molecule has 0 aromatic heterocycles. The molecule has 2 amide bonds. The number of hydrogen-bond donors (Lipinski definition) is 1. The first-order chi connectivity index (χ1) is 20.1. The second-order valence-corrected chi connectivity index (χ2v) is 10.8. The number of rotatable bonds is 5. The fraction of sp³-hybridized carbons (Fsp3) is 0.250. The van der Waals surface area contributed by atoms with Gasteiger partial charge in [0.05, 0.1) is 29.6 Å². The van der Waals surface area contributed by atoms with Gasteiger partial charge in [-0.3, -0.25) is 34.2 Å². The van der Waals surface area contributed by atoms with Crippen LogP contribution >= 0.6 is 0 Å². The monoisotopic (exact) mass is 566 g/mol. The molecule has 10 heteroatoms. The summed E-state index contributed by atoms with van der Waals surface area (Å²) in [7, 11) is 1.44. The lowest BCUT2D eigenvalue weighted by Gasteiger charge is -2.41. The smallest absolute Gasteiger partial charge is 0.269 e. The average molecular weight is 567 g/mol. The number of imide groups is 1. The Kier molecular flexibility index (Phi) is 6.48. The van der Waals surface area contributed by atoms with Crippen LogP contribution in [0.15, 0.2) is 83.0 Å². The topological polar surface area (TPSA) is 144 Å². The van der Waals surface area contributed by atoms with E-state index in [1.54, 1.807) is 25.1 Å². The summed E-state index contributed by atoms with van der Waals surface area (Å²) < 4.78 is 5.21. The molecule has 2 aromatic carbocycles. The van der Waals surface area contributed by atoms with Crippen LogP contribution < -0.4 is 9.64 Å². The van der Waals surface area contributed by atoms with E-state index in [-0.39, 0.29) is 53.2 Å². The Morgan fingerprint density at radius 2 is 1.79 bits per heavy atom. The Labute approximate surface area is 240 Å². The molecule has 4 atom stereocenters. The number of nitro groups is 1. The zero-order valence-electron chi connectivity index (χ0n) is 22.8. The number of Topliss-reactive ketones (excluding diaryl/α,β-unsaturated/α-hetero) is 1. The lowest BCUT2D eigenvalue weighted by atomic mass is 9.60. The third-order valence-corrected chi connectivity index (χ3v) is 8.61. The molecule has 2 aromatic rings. The van der Waals surface area contributed by atoms with Crippen molar-refractivity contribution < 1.29 is 33.9 Å². The van der Waals surface area contributed by atoms with E-state index in [1.165, 1.54) is 43.5 Å². The van der Waals surface area contributed by atoms with Gasteiger partial charge in [0.25, 0.3) is 5.69 Å². The van der Waals surface area contributed by atoms with Gasteiger partial charge in [0.1, 0.15) is 0 Å². The molecule has 6 rings (SSSR count). The van der Waals surface area contributed by atoms with Gasteiger partial charge in [-0.2, -0.15) is 0 Å². The van der Waals surface area contributed by atoms with Gasteiger partial charge < -0.3 is 9.84 Å². The lowest BCUT2D eigenvalue weighted by molar-refractivity contribution is -0.384. The number of benzene rings is 2. The van der Waals surface area contributed by atoms with Crippen molar-refractivity contribution in [3.8, 4) is 11.5 Å². The average Bonchev–Trinajstić information content (AvgIpc) is 3.24. The number of nitrogens with zero attached hydrogens (tertiary/aromatic N) is 2. The molecule has 212 valence electrons. The number of hydrogen-bond acceptors (Lipinski definition) is 8. The summed E-state index contributed by atoms with van der Waals surface area (Å²) in [4.78, 5) is 65.7. The number of ether oxygens (including phenoxy) is 1. The summed E-state index contributed by atoms with van der Waals surface area (Å²) in [5.41, 5.74) is 2.65. The number of carbonyl (C=O) groups excluding carboxylic acids is 4. The number of phenols is 1. The first kappa shape index (κ1) is 27.1. The van der Waals surface area contributed by atoms with Crippen LogP contribution in [0.4, 0.5) is 11.4 Å². The number of aromatic hydroxyl groups is 1. The van der Waals surface area contributed by atoms with Crippen molar-refractivity contribution in [2.24, 2.45) is 23.7 Å². The van der Waals surface area contributed by atoms with E-state index in [4.69, 9.17) is 4.74 Å². The molecule has 0 saturated carbocycles. The first-order valence-electron chi connectivity index (χ1n) is 13.5. The third kappa shape index (κ3) is 4.18. The maximum Gasteiger partial charge on any atom is 0.269 e. The third-order valence-electron chi connectivity index (χ3n) is 8.61. The molecule has 4 unspecified atom stereocenters. The highest BCUT2D eigenvalue weighted by atomic mass is 16.6. The number of nitro benzene ring substituents is 1. The van der Waals surface area contributed by atoms with Crippen LogP contribution in [0.3, 0.4) is 0 Å². The molecule has 10 nitrogen and oxygen atoms in total. The summed E-state index contributed by atoms with van der Waals surface area (Å²) >= 11 is 0. The predicted octanol–water partition coefficient (Wildman–Crippen LogP) is 4.49. The Morgan fingerprint density at radius 1 is 1.05 bits per heavy atom. The van der Waals surface area contributed by atoms with Crippen LogP contribution in [-0.2, 0) is 19.2 Å². The van der Waals surface area contributed by atoms with Crippen LogP contribution in [0.2, 0.25) is 0 Å². The highest BCUT2D eigenvalue weighted by molar-refractivity contribution is 6.24. The van der Waals surface area contributed by atoms with Gasteiger partial charge >= 0.3 is 0 Å². The SMILES string of the molecule is COc1cc(C=CC2C3=CCC4C(=O)N(c5ccc([N+](=O)[O-])cc5)C(=O)C4C3CC3=C2C(=O)C=C(C)C3=O)ccc1O. The lowest BCUT2D eigenvalue weighted by Crippen LogP contribution is -2.40. The van der Waals surface area contributed by atoms with Crippen molar-refractivity contribution in [1.29, 1.82) is 0 Å². The molecule has 42 heavy (non-hydrogen) atoms. The molecule has 1 saturated heterocycles. The largest absolute Gasteiger partial charge is 0.504 e. The van der Waals surface area contributed by atoms with Crippen molar-refractivity contribution in [3.63, 3.8) is 0 Å². The Morgan fingerprint density at radius 3 is 2.48 bits per heavy atom. The highest BCUT2D eigenvalue weighted by Gasteiger charge is 2.56. The fourth-order valence-corrected chi connectivity index (χ4v) is 6.64. The Balaban J connectivity index is 1.40. The van der Waals surface area contributed by atoms with Crippen LogP contribution in [-0.4, -0.2) is 40.5 Å². The summed E-state index contributed by atoms with van der Waals surface area (Å²) in [6.07, 6.45) is 7.28. The summed E-state index contributed by atoms with van der Waals surface area (Å²) in [6.45, 7) is 1.59. The summed E-state index contributed by atoms with van der Waals surface area (Å²) in [5.74, 6) is -3.56. The summed E-state index contributed by atoms with van der Waals surface area (Å²) in [6, 6.07) is 10.1. The van der Waals surface area contributed by atoms with E-state index < -0.39 is 34.5 Å². The van der Waals surface area contributed by atoms with Crippen LogP contribution in [0.1, 0.15) is 25.3 Å². The minimum Gasteiger partial charge on any atom is -0.504 e. The number of phenolic OH excluding ortho intramolecular Hbond substituents is 1. The number of non-ortho nitro benzene ring substituents is 1. The Bertz CT molecular complexity index is 1710. The fourth-order valence-electron chi connectivity index (χ4n) is 6.64. The number of allylic oxidation sites excluding steroid dienone is 7. The molecule has 0 bridgehead atoms. The number of methoxy groups -OCH3 is 1. The van der Waals surface area contributed by atoms with Gasteiger partial charge in [-0.1, -0.05) is 29.9 Å². The van der Waals surface area contributed by atoms with E-state index in [0.717, 1.165) is 10.5 Å². The van der Waals surface area contributed by atoms with Gasteiger partial charge in [-0.25, -0.2) is 0 Å². The zero-order valence-corrected chi connectivity index (χ0v) is 22.8. The number of ketones is 2. The van der Waals surface area contributed by atoms with Gasteiger partial charge in [0.15, 0.2) is 23.1 Å². The van der Waals surface area contributed by atoms with Gasteiger partial charge in [0.2, 0.25) is 11.8 Å². The number of carbonyl (C=O) groups is 4. The number of amides is 2. The Hall–Kier alpha value is -5.12. The molecule has 4 aliphatic rings. The first-order valence-corrected chi connectivity index (χ1v) is 13.5. The highest BCUT2D eigenvalue weighted by Crippen LogP contribution is 2.53. The van der Waals surface area contributed by atoms with E-state index in [0.29, 0.717) is 22.3 Å². The summed E-state index contributed by atoms with van der Waals surface area (Å²) in [5, 5.41) is 21.1. The number of anilines is 1. The molecule has 0 radical (unpaired) electrons. The van der Waals surface area contributed by atoms with E-state index in [2.05, 4.69) is 0 Å². The van der Waals surface area contributed by atoms with Crippen molar-refractivity contribution in [2.45, 2.75) is 19.8 Å². The molecule has 1 fully saturated rings. The molecule has 1 heterocycles. The van der Waals surface area contributed by atoms with Gasteiger partial charge in [0, 0.05) is 34.8 Å². The van der Waals surface area contributed by atoms with Gasteiger partial charge in [-0.15, -0.1) is 0 Å². The minimum atomic E-state index is -0.750. The van der Waals surface area contributed by atoms with Crippen LogP contribution in [0, 0.1) is 33.8 Å². The second kappa shape index (κ2) is 10.1. The molecule has 1 N–H and O–H groups in total. The molecular weight excluding hydrogens is 540 g/mol. The quantitative estimate of drug-likeness (QED) is 0.183. The van der Waals surface area contributed by atoms with Crippen molar-refractivity contribution in [1.82, 2.24) is 0 Å². The van der Waals surface area contributed by atoms with E-state index in [1.807, 2.05) is 12.2 Å². The van der Waals surface area contributed by atoms with E-state index >= 15 is 0 Å². The zero-order chi connectivity index (χ0) is 29.9. The molecule has 0 spiro atoms. The van der Waals surface area contributed by atoms with Crippen LogP contribution in [0.5, 0.6) is 11.5 Å². The van der Waals surface area contributed by atoms with Crippen molar-refractivity contribution in [2.75, 3.05) is 12.0 Å². The van der Waals surface area contributed by atoms with Crippen molar-refractivity contribution >= 4 is 40.8 Å². The minimum absolute atomic E-state index is 0.0194. The normalized spacial score (nSPS) is 25.2. The standard InChI is InChI=1S/C32H26N2O8/c1-16-13-26(36)28-21(9-3-17-4-12-25(35)27(14-17)42-2)20-10-11-22-29(23(20)15-24(28)30(16)37)32(39)33(31(22)38)18-5-7-19(8-6-18)34(40)41/h3-10,12-14,21-23,29,35H,11,15H2,1-2H3. The number of fused-ring (bicyclic) bond motifs is 3. The molecule has 3 aliphatic carbocycles.